The highest BCUT2D eigenvalue weighted by atomic mass is 16.6. The second-order valence-electron chi connectivity index (χ2n) is 16.9. The smallest absolute Gasteiger partial charge is 0.407 e. The van der Waals surface area contributed by atoms with E-state index in [0.717, 1.165) is 22.4 Å². The van der Waals surface area contributed by atoms with Crippen molar-refractivity contribution in [2.75, 3.05) is 13.7 Å². The van der Waals surface area contributed by atoms with Gasteiger partial charge in [0, 0.05) is 36.8 Å². The van der Waals surface area contributed by atoms with Crippen LogP contribution in [0, 0.1) is 16.7 Å². The quantitative estimate of drug-likeness (QED) is 0.136. The standard InChI is InChI=1S/C42H58N6O7/c1-40(2,3)35(46-38(52)54-9)37(51)47-48(25-28-18-20-29(21-19-28)31-17-13-14-22-43-31)26-33(49)32(23-27-15-11-10-12-16-27)44-36(50)30-24-34(42(30,7)8)45-39(53)55-41(4,5)6/h10-22,30,32-35,49H,23-26H2,1-9H3,(H,44,50)(H,45,53)(H,46,52)(H,47,51)/t30-,32-,33-,34-,35+/m0/s1. The summed E-state index contributed by atoms with van der Waals surface area (Å²) in [7, 11) is 1.23. The number of carbonyl (C=O) groups is 4. The Morgan fingerprint density at radius 1 is 0.891 bits per heavy atom. The Morgan fingerprint density at radius 2 is 1.55 bits per heavy atom. The summed E-state index contributed by atoms with van der Waals surface area (Å²) in [6.45, 7) is 14.8. The molecule has 2 aromatic carbocycles. The SMILES string of the molecule is COC(=O)N[C@H](C(=O)NN(Cc1ccc(-c2ccccn2)cc1)C[C@H](O)[C@H](Cc1ccccc1)NC(=O)[C@@H]1C[C@H](NC(=O)OC(C)(C)C)C1(C)C)C(C)(C)C. The van der Waals surface area contributed by atoms with Gasteiger partial charge in [0.25, 0.3) is 5.91 Å². The number of hydrogen-bond acceptors (Lipinski definition) is 9. The van der Waals surface area contributed by atoms with Crippen molar-refractivity contribution in [1.82, 2.24) is 31.4 Å². The maximum Gasteiger partial charge on any atom is 0.407 e. The number of ether oxygens (including phenoxy) is 2. The van der Waals surface area contributed by atoms with Gasteiger partial charge in [-0.1, -0.05) is 95.3 Å². The predicted molar refractivity (Wildman–Crippen MR) is 210 cm³/mol. The second kappa shape index (κ2) is 18.1. The van der Waals surface area contributed by atoms with Crippen molar-refractivity contribution in [2.45, 2.75) is 105 Å². The highest BCUT2D eigenvalue weighted by Crippen LogP contribution is 2.46. The first-order chi connectivity index (χ1) is 25.8. The molecule has 1 aliphatic rings. The molecule has 0 spiro atoms. The van der Waals surface area contributed by atoms with E-state index in [9.17, 15) is 24.3 Å². The van der Waals surface area contributed by atoms with Crippen LogP contribution in [0.15, 0.2) is 79.0 Å². The van der Waals surface area contributed by atoms with Gasteiger partial charge in [0.05, 0.1) is 24.9 Å². The Hall–Kier alpha value is -5.01. The molecule has 1 aliphatic carbocycles. The molecule has 298 valence electrons. The van der Waals surface area contributed by atoms with Crippen LogP contribution in [0.25, 0.3) is 11.3 Å². The van der Waals surface area contributed by atoms with Crippen molar-refractivity contribution < 1.29 is 33.8 Å². The van der Waals surface area contributed by atoms with E-state index in [0.29, 0.717) is 12.8 Å². The van der Waals surface area contributed by atoms with Gasteiger partial charge in [0.2, 0.25) is 5.91 Å². The molecule has 0 bridgehead atoms. The normalized spacial score (nSPS) is 18.2. The van der Waals surface area contributed by atoms with E-state index < -0.39 is 58.6 Å². The molecule has 55 heavy (non-hydrogen) atoms. The third-order valence-corrected chi connectivity index (χ3v) is 9.91. The van der Waals surface area contributed by atoms with Gasteiger partial charge in [-0.3, -0.25) is 20.0 Å². The Balaban J connectivity index is 1.57. The fourth-order valence-corrected chi connectivity index (χ4v) is 6.61. The monoisotopic (exact) mass is 758 g/mol. The largest absolute Gasteiger partial charge is 0.453 e. The average molecular weight is 759 g/mol. The van der Waals surface area contributed by atoms with Gasteiger partial charge in [-0.05, 0) is 67.7 Å². The number of nitrogens with zero attached hydrogens (tertiary/aromatic N) is 2. The van der Waals surface area contributed by atoms with Crippen molar-refractivity contribution in [2.24, 2.45) is 16.7 Å². The van der Waals surface area contributed by atoms with Crippen molar-refractivity contribution in [3.05, 3.63) is 90.1 Å². The summed E-state index contributed by atoms with van der Waals surface area (Å²) < 4.78 is 10.2. The number of methoxy groups -OCH3 is 1. The number of benzene rings is 2. The summed E-state index contributed by atoms with van der Waals surface area (Å²) in [5.74, 6) is -1.19. The van der Waals surface area contributed by atoms with E-state index in [1.165, 1.54) is 7.11 Å². The number of amides is 4. The molecule has 13 heteroatoms. The molecule has 1 saturated carbocycles. The summed E-state index contributed by atoms with van der Waals surface area (Å²) in [5, 5.41) is 22.2. The van der Waals surface area contributed by atoms with Crippen LogP contribution in [0.5, 0.6) is 0 Å². The molecular weight excluding hydrogens is 700 g/mol. The van der Waals surface area contributed by atoms with Crippen LogP contribution in [0.3, 0.4) is 0 Å². The van der Waals surface area contributed by atoms with Crippen molar-refractivity contribution in [3.8, 4) is 11.3 Å². The van der Waals surface area contributed by atoms with Crippen molar-refractivity contribution in [3.63, 3.8) is 0 Å². The second-order valence-corrected chi connectivity index (χ2v) is 16.9. The number of rotatable bonds is 14. The molecule has 0 radical (unpaired) electrons. The zero-order valence-corrected chi connectivity index (χ0v) is 33.5. The fraction of sp³-hybridized carbons (Fsp3) is 0.500. The van der Waals surface area contributed by atoms with E-state index in [2.05, 4.69) is 26.4 Å². The zero-order valence-electron chi connectivity index (χ0n) is 33.5. The van der Waals surface area contributed by atoms with Gasteiger partial charge in [-0.15, -0.1) is 0 Å². The average Bonchev–Trinajstić information content (AvgIpc) is 3.11. The van der Waals surface area contributed by atoms with Gasteiger partial charge < -0.3 is 30.5 Å². The lowest BCUT2D eigenvalue weighted by atomic mass is 9.58. The Kier molecular flexibility index (Phi) is 14.0. The number of nitrogens with one attached hydrogen (secondary N) is 4. The molecule has 3 aromatic rings. The Labute approximate surface area is 324 Å². The molecule has 4 rings (SSSR count). The first kappa shape index (κ1) is 42.7. The topological polar surface area (TPSA) is 171 Å². The van der Waals surface area contributed by atoms with E-state index in [4.69, 9.17) is 9.47 Å². The van der Waals surface area contributed by atoms with Crippen LogP contribution >= 0.6 is 0 Å². The maximum atomic E-state index is 13.9. The lowest BCUT2D eigenvalue weighted by Gasteiger charge is -2.51. The van der Waals surface area contributed by atoms with Crippen LogP contribution < -0.4 is 21.4 Å². The molecular formula is C42H58N6O7. The molecule has 13 nitrogen and oxygen atoms in total. The van der Waals surface area contributed by atoms with Crippen molar-refractivity contribution in [1.29, 1.82) is 0 Å². The zero-order chi connectivity index (χ0) is 40.6. The first-order valence-electron chi connectivity index (χ1n) is 18.7. The van der Waals surface area contributed by atoms with Crippen LogP contribution in [0.2, 0.25) is 0 Å². The van der Waals surface area contributed by atoms with Crippen LogP contribution in [-0.2, 0) is 32.0 Å². The predicted octanol–water partition coefficient (Wildman–Crippen LogP) is 5.38. The minimum atomic E-state index is -1.15. The number of hydrazine groups is 1. The molecule has 0 unspecified atom stereocenters. The number of pyridine rings is 1. The van der Waals surface area contributed by atoms with Gasteiger partial charge >= 0.3 is 12.2 Å². The first-order valence-corrected chi connectivity index (χ1v) is 18.7. The molecule has 4 amide bonds. The molecule has 5 atom stereocenters. The molecule has 5 N–H and O–H groups in total. The summed E-state index contributed by atoms with van der Waals surface area (Å²) >= 11 is 0. The van der Waals surface area contributed by atoms with Crippen LogP contribution in [-0.4, -0.2) is 82.6 Å². The minimum Gasteiger partial charge on any atom is -0.453 e. The molecule has 0 aliphatic heterocycles. The number of hydrogen-bond donors (Lipinski definition) is 5. The van der Waals surface area contributed by atoms with Gasteiger partial charge in [0.1, 0.15) is 11.6 Å². The molecule has 0 saturated heterocycles. The fourth-order valence-electron chi connectivity index (χ4n) is 6.61. The number of alkyl carbamates (subject to hydrolysis) is 2. The lowest BCUT2D eigenvalue weighted by Crippen LogP contribution is -2.64. The number of carbonyl (C=O) groups excluding carboxylic acids is 4. The number of aliphatic hydroxyl groups is 1. The van der Waals surface area contributed by atoms with E-state index in [1.54, 1.807) is 32.0 Å². The molecule has 1 aromatic heterocycles. The summed E-state index contributed by atoms with van der Waals surface area (Å²) in [6.07, 6.45) is 0.00878. The third kappa shape index (κ3) is 12.2. The Bertz CT molecular complexity index is 1740. The summed E-state index contributed by atoms with van der Waals surface area (Å²) in [5.41, 5.74) is 4.48. The van der Waals surface area contributed by atoms with Gasteiger partial charge in [-0.25, -0.2) is 14.6 Å². The van der Waals surface area contributed by atoms with E-state index >= 15 is 0 Å². The number of aromatic nitrogens is 1. The third-order valence-electron chi connectivity index (χ3n) is 9.91. The minimum absolute atomic E-state index is 0.0719. The number of aliphatic hydroxyl groups excluding tert-OH is 1. The van der Waals surface area contributed by atoms with Gasteiger partial charge in [-0.2, -0.15) is 0 Å². The lowest BCUT2D eigenvalue weighted by molar-refractivity contribution is -0.139. The molecule has 1 fully saturated rings. The Morgan fingerprint density at radius 3 is 2.11 bits per heavy atom. The van der Waals surface area contributed by atoms with E-state index in [1.807, 2.05) is 107 Å². The highest BCUT2D eigenvalue weighted by Gasteiger charge is 2.53. The highest BCUT2D eigenvalue weighted by molar-refractivity contribution is 5.86. The van der Waals surface area contributed by atoms with Crippen LogP contribution in [0.1, 0.15) is 72.9 Å². The summed E-state index contributed by atoms with van der Waals surface area (Å²) in [4.78, 5) is 57.0. The van der Waals surface area contributed by atoms with E-state index in [-0.39, 0.29) is 25.0 Å². The van der Waals surface area contributed by atoms with Crippen molar-refractivity contribution >= 4 is 24.0 Å². The molecule has 1 heterocycles. The van der Waals surface area contributed by atoms with Crippen LogP contribution in [0.4, 0.5) is 9.59 Å². The maximum absolute atomic E-state index is 13.9. The summed E-state index contributed by atoms with van der Waals surface area (Å²) in [6, 6.07) is 20.9. The van der Waals surface area contributed by atoms with Gasteiger partial charge in [0.15, 0.2) is 0 Å².